The molecule has 170 valence electrons. The summed E-state index contributed by atoms with van der Waals surface area (Å²) in [5.41, 5.74) is 7.23. The second kappa shape index (κ2) is 8.08. The Kier molecular flexibility index (Phi) is 5.18. The predicted molar refractivity (Wildman–Crippen MR) is 130 cm³/mol. The molecular formula is C23H17ClN6O3S. The number of nitrogens with zero attached hydrogens (tertiary/aromatic N) is 5. The SMILES string of the molecule is CS(=O)(=O)c1cccc(-n2ncc3c(=O)n(-c4ccc(Cl)cc4)c(-c4ccc(N)nc4)nc32)c1. The van der Waals surface area contributed by atoms with Crippen LogP contribution in [0.1, 0.15) is 0 Å². The number of anilines is 1. The number of halogens is 1. The first kappa shape index (κ1) is 21.8. The Bertz CT molecular complexity index is 1710. The Labute approximate surface area is 199 Å². The molecule has 0 spiro atoms. The number of hydrogen-bond donors (Lipinski definition) is 1. The van der Waals surface area contributed by atoms with Gasteiger partial charge in [-0.15, -0.1) is 0 Å². The summed E-state index contributed by atoms with van der Waals surface area (Å²) in [6, 6.07) is 16.4. The van der Waals surface area contributed by atoms with Crippen LogP contribution in [0.2, 0.25) is 5.02 Å². The molecule has 0 atom stereocenters. The van der Waals surface area contributed by atoms with Crippen molar-refractivity contribution in [1.82, 2.24) is 24.3 Å². The topological polar surface area (TPSA) is 126 Å². The van der Waals surface area contributed by atoms with Gasteiger partial charge in [-0.2, -0.15) is 5.10 Å². The Hall–Kier alpha value is -4.02. The molecule has 0 aliphatic rings. The first-order valence-corrected chi connectivity index (χ1v) is 12.3. The molecule has 0 aliphatic carbocycles. The molecule has 0 saturated heterocycles. The van der Waals surface area contributed by atoms with Crippen molar-refractivity contribution in [2.75, 3.05) is 12.0 Å². The van der Waals surface area contributed by atoms with Crippen LogP contribution in [0.15, 0.2) is 82.7 Å². The molecule has 3 aromatic heterocycles. The highest BCUT2D eigenvalue weighted by Gasteiger charge is 2.19. The number of hydrogen-bond acceptors (Lipinski definition) is 7. The van der Waals surface area contributed by atoms with E-state index < -0.39 is 9.84 Å². The van der Waals surface area contributed by atoms with Crippen molar-refractivity contribution in [3.8, 4) is 22.8 Å². The molecule has 3 heterocycles. The van der Waals surface area contributed by atoms with Gasteiger partial charge in [0.2, 0.25) is 0 Å². The summed E-state index contributed by atoms with van der Waals surface area (Å²) in [4.78, 5) is 22.7. The van der Waals surface area contributed by atoms with E-state index in [0.29, 0.717) is 33.6 Å². The Morgan fingerprint density at radius 1 is 0.971 bits per heavy atom. The smallest absolute Gasteiger partial charge is 0.269 e. The molecule has 0 bridgehead atoms. The van der Waals surface area contributed by atoms with Crippen LogP contribution in [0, 0.1) is 0 Å². The first-order chi connectivity index (χ1) is 16.2. The number of aromatic nitrogens is 5. The van der Waals surface area contributed by atoms with Crippen molar-refractivity contribution in [1.29, 1.82) is 0 Å². The van der Waals surface area contributed by atoms with Gasteiger partial charge in [0.05, 0.1) is 22.5 Å². The second-order valence-electron chi connectivity index (χ2n) is 7.59. The van der Waals surface area contributed by atoms with Crippen LogP contribution in [-0.4, -0.2) is 39.0 Å². The van der Waals surface area contributed by atoms with Gasteiger partial charge < -0.3 is 5.73 Å². The molecule has 0 radical (unpaired) electrons. The lowest BCUT2D eigenvalue weighted by atomic mass is 10.2. The number of pyridine rings is 1. The van der Waals surface area contributed by atoms with Crippen LogP contribution in [-0.2, 0) is 9.84 Å². The number of nitrogen functional groups attached to an aromatic ring is 1. The van der Waals surface area contributed by atoms with Gasteiger partial charge >= 0.3 is 0 Å². The molecule has 0 unspecified atom stereocenters. The molecular weight excluding hydrogens is 476 g/mol. The van der Waals surface area contributed by atoms with Gasteiger partial charge in [-0.25, -0.2) is 23.1 Å². The maximum absolute atomic E-state index is 13.6. The van der Waals surface area contributed by atoms with Crippen molar-refractivity contribution in [2.24, 2.45) is 0 Å². The lowest BCUT2D eigenvalue weighted by Crippen LogP contribution is -2.22. The molecule has 9 nitrogen and oxygen atoms in total. The van der Waals surface area contributed by atoms with Crippen molar-refractivity contribution in [3.63, 3.8) is 0 Å². The van der Waals surface area contributed by atoms with Gasteiger partial charge in [0.25, 0.3) is 5.56 Å². The normalized spacial score (nSPS) is 11.7. The van der Waals surface area contributed by atoms with Crippen LogP contribution in [0.3, 0.4) is 0 Å². The fraction of sp³-hybridized carbons (Fsp3) is 0.0435. The van der Waals surface area contributed by atoms with Crippen LogP contribution in [0.25, 0.3) is 33.8 Å². The van der Waals surface area contributed by atoms with Crippen LogP contribution in [0.4, 0.5) is 5.82 Å². The number of sulfone groups is 1. The summed E-state index contributed by atoms with van der Waals surface area (Å²) >= 11 is 6.04. The monoisotopic (exact) mass is 492 g/mol. The predicted octanol–water partition coefficient (Wildman–Crippen LogP) is 3.27. The zero-order valence-corrected chi connectivity index (χ0v) is 19.3. The summed E-state index contributed by atoms with van der Waals surface area (Å²) in [5, 5.41) is 5.12. The maximum Gasteiger partial charge on any atom is 0.269 e. The van der Waals surface area contributed by atoms with E-state index in [9.17, 15) is 13.2 Å². The Balaban J connectivity index is 1.82. The van der Waals surface area contributed by atoms with Crippen LogP contribution >= 0.6 is 11.6 Å². The summed E-state index contributed by atoms with van der Waals surface area (Å²) in [7, 11) is -3.44. The number of rotatable bonds is 4. The Morgan fingerprint density at radius 2 is 1.74 bits per heavy atom. The lowest BCUT2D eigenvalue weighted by molar-refractivity contribution is 0.601. The van der Waals surface area contributed by atoms with E-state index >= 15 is 0 Å². The molecule has 5 aromatic rings. The third-order valence-corrected chi connectivity index (χ3v) is 6.58. The zero-order chi connectivity index (χ0) is 24.0. The first-order valence-electron chi connectivity index (χ1n) is 10.0. The lowest BCUT2D eigenvalue weighted by Gasteiger charge is -2.13. The maximum atomic E-state index is 13.6. The number of fused-ring (bicyclic) bond motifs is 1. The highest BCUT2D eigenvalue weighted by Crippen LogP contribution is 2.25. The third kappa shape index (κ3) is 3.82. The van der Waals surface area contributed by atoms with Crippen molar-refractivity contribution in [2.45, 2.75) is 4.90 Å². The average Bonchev–Trinajstić information content (AvgIpc) is 3.24. The van der Waals surface area contributed by atoms with Crippen LogP contribution < -0.4 is 11.3 Å². The van der Waals surface area contributed by atoms with Crippen molar-refractivity contribution in [3.05, 3.63) is 88.4 Å². The molecule has 11 heteroatoms. The largest absolute Gasteiger partial charge is 0.384 e. The fourth-order valence-corrected chi connectivity index (χ4v) is 4.35. The molecule has 34 heavy (non-hydrogen) atoms. The molecule has 2 N–H and O–H groups in total. The summed E-state index contributed by atoms with van der Waals surface area (Å²) in [6.07, 6.45) is 4.07. The second-order valence-corrected chi connectivity index (χ2v) is 10.0. The highest BCUT2D eigenvalue weighted by molar-refractivity contribution is 7.90. The average molecular weight is 493 g/mol. The molecule has 2 aromatic carbocycles. The highest BCUT2D eigenvalue weighted by atomic mass is 35.5. The minimum absolute atomic E-state index is 0.131. The van der Waals surface area contributed by atoms with E-state index in [0.717, 1.165) is 6.26 Å². The van der Waals surface area contributed by atoms with Gasteiger partial charge in [-0.1, -0.05) is 17.7 Å². The van der Waals surface area contributed by atoms with E-state index in [1.807, 2.05) is 0 Å². The molecule has 0 fully saturated rings. The van der Waals surface area contributed by atoms with Gasteiger partial charge in [-0.05, 0) is 54.6 Å². The summed E-state index contributed by atoms with van der Waals surface area (Å²) in [5.74, 6) is 0.640. The molecule has 5 rings (SSSR count). The third-order valence-electron chi connectivity index (χ3n) is 5.22. The van der Waals surface area contributed by atoms with Gasteiger partial charge in [0, 0.05) is 23.0 Å². The number of benzene rings is 2. The summed E-state index contributed by atoms with van der Waals surface area (Å²) in [6.45, 7) is 0. The van der Waals surface area contributed by atoms with Gasteiger partial charge in [0.15, 0.2) is 21.3 Å². The van der Waals surface area contributed by atoms with Gasteiger partial charge in [0.1, 0.15) is 11.2 Å². The number of nitrogens with two attached hydrogens (primary N) is 1. The van der Waals surface area contributed by atoms with Crippen LogP contribution in [0.5, 0.6) is 0 Å². The fourth-order valence-electron chi connectivity index (χ4n) is 3.56. The molecule has 0 saturated carbocycles. The molecule has 0 amide bonds. The Morgan fingerprint density at radius 3 is 2.41 bits per heavy atom. The standard InChI is InChI=1S/C23H17ClN6O3S/c1-34(32,33)18-4-2-3-17(11-18)30-22-19(13-27-30)23(31)29(16-8-6-15(24)7-9-16)21(28-22)14-5-10-20(25)26-12-14/h2-13H,1H3,(H2,25,26). The van der Waals surface area contributed by atoms with Gasteiger partial charge in [-0.3, -0.25) is 9.36 Å². The zero-order valence-electron chi connectivity index (χ0n) is 17.8. The van der Waals surface area contributed by atoms with E-state index in [1.165, 1.54) is 33.8 Å². The van der Waals surface area contributed by atoms with Crippen molar-refractivity contribution >= 4 is 38.3 Å². The van der Waals surface area contributed by atoms with E-state index in [4.69, 9.17) is 22.3 Å². The minimum atomic E-state index is -3.44. The van der Waals surface area contributed by atoms with E-state index in [2.05, 4.69) is 10.1 Å². The molecule has 0 aliphatic heterocycles. The minimum Gasteiger partial charge on any atom is -0.384 e. The quantitative estimate of drug-likeness (QED) is 0.408. The van der Waals surface area contributed by atoms with E-state index in [-0.39, 0.29) is 21.5 Å². The summed E-state index contributed by atoms with van der Waals surface area (Å²) < 4.78 is 27.0. The van der Waals surface area contributed by atoms with E-state index in [1.54, 1.807) is 48.5 Å². The van der Waals surface area contributed by atoms with Crippen molar-refractivity contribution < 1.29 is 8.42 Å².